The maximum absolute atomic E-state index is 12.9. The number of halogens is 4. The van der Waals surface area contributed by atoms with Crippen LogP contribution in [-0.2, 0) is 4.79 Å². The van der Waals surface area contributed by atoms with Gasteiger partial charge in [-0.25, -0.2) is 0 Å². The van der Waals surface area contributed by atoms with Gasteiger partial charge in [-0.1, -0.05) is 15.9 Å². The highest BCUT2D eigenvalue weighted by Gasteiger charge is 2.47. The fourth-order valence-electron chi connectivity index (χ4n) is 2.11. The Bertz CT molecular complexity index is 444. The Morgan fingerprint density at radius 1 is 1.22 bits per heavy atom. The number of amides is 1. The van der Waals surface area contributed by atoms with Gasteiger partial charge in [0.05, 0.1) is 0 Å². The molecule has 0 saturated carbocycles. The molecule has 1 heterocycles. The molecule has 0 bridgehead atoms. The number of alkyl halides is 3. The van der Waals surface area contributed by atoms with Gasteiger partial charge in [-0.15, -0.1) is 0 Å². The van der Waals surface area contributed by atoms with Crippen molar-refractivity contribution in [2.45, 2.75) is 31.5 Å². The van der Waals surface area contributed by atoms with Crippen molar-refractivity contribution in [1.29, 1.82) is 0 Å². The van der Waals surface area contributed by atoms with Crippen LogP contribution in [0.1, 0.15) is 19.3 Å². The number of carbonyl (C=O) groups is 1. The molecule has 1 aliphatic rings. The largest absolute Gasteiger partial charge is 0.409 e. The van der Waals surface area contributed by atoms with Crippen LogP contribution < -0.4 is 4.90 Å². The van der Waals surface area contributed by atoms with Gasteiger partial charge >= 0.3 is 6.18 Å². The first-order chi connectivity index (χ1) is 8.39. The van der Waals surface area contributed by atoms with E-state index in [1.807, 2.05) is 0 Å². The first-order valence-corrected chi connectivity index (χ1v) is 6.33. The van der Waals surface area contributed by atoms with E-state index in [0.29, 0.717) is 5.69 Å². The van der Waals surface area contributed by atoms with Crippen molar-refractivity contribution in [3.63, 3.8) is 0 Å². The fourth-order valence-corrected chi connectivity index (χ4v) is 2.37. The number of nitrogens with zero attached hydrogens (tertiary/aromatic N) is 1. The number of hydrogen-bond acceptors (Lipinski definition) is 1. The van der Waals surface area contributed by atoms with Crippen molar-refractivity contribution in [3.8, 4) is 0 Å². The highest BCUT2D eigenvalue weighted by Crippen LogP contribution is 2.35. The van der Waals surface area contributed by atoms with Crippen molar-refractivity contribution in [3.05, 3.63) is 28.7 Å². The second-order valence-corrected chi connectivity index (χ2v) is 5.11. The van der Waals surface area contributed by atoms with Crippen LogP contribution in [-0.4, -0.2) is 18.1 Å². The Balaban J connectivity index is 2.36. The van der Waals surface area contributed by atoms with E-state index in [0.717, 1.165) is 9.37 Å². The van der Waals surface area contributed by atoms with Crippen LogP contribution in [0.2, 0.25) is 0 Å². The molecule has 1 aromatic rings. The maximum atomic E-state index is 12.9. The van der Waals surface area contributed by atoms with Crippen molar-refractivity contribution < 1.29 is 18.0 Å². The van der Waals surface area contributed by atoms with Gasteiger partial charge in [0, 0.05) is 16.6 Å². The number of rotatable bonds is 1. The number of hydrogen-bond donors (Lipinski definition) is 0. The van der Waals surface area contributed by atoms with E-state index in [1.54, 1.807) is 12.1 Å². The van der Waals surface area contributed by atoms with Gasteiger partial charge in [-0.3, -0.25) is 4.79 Å². The molecule has 1 saturated heterocycles. The number of carbonyl (C=O) groups excluding carboxylic acids is 1. The molecule has 2 rings (SSSR count). The smallest absolute Gasteiger partial charge is 0.300 e. The molecule has 1 fully saturated rings. The lowest BCUT2D eigenvalue weighted by Gasteiger charge is -2.36. The second kappa shape index (κ2) is 4.91. The van der Waals surface area contributed by atoms with Crippen LogP contribution in [0.15, 0.2) is 28.7 Å². The zero-order valence-electron chi connectivity index (χ0n) is 9.38. The molecular formula is C12H11BrF3NO. The number of anilines is 1. The number of piperidine rings is 1. The lowest BCUT2D eigenvalue weighted by Crippen LogP contribution is -2.51. The van der Waals surface area contributed by atoms with E-state index >= 15 is 0 Å². The molecule has 1 aliphatic heterocycles. The molecule has 1 atom stereocenters. The lowest BCUT2D eigenvalue weighted by atomic mass is 10.00. The molecule has 6 heteroatoms. The topological polar surface area (TPSA) is 20.3 Å². The molecule has 0 aromatic heterocycles. The van der Waals surface area contributed by atoms with Crippen LogP contribution in [0.4, 0.5) is 18.9 Å². The summed E-state index contributed by atoms with van der Waals surface area (Å²) in [6.07, 6.45) is -3.97. The Morgan fingerprint density at radius 3 is 2.39 bits per heavy atom. The molecule has 0 radical (unpaired) electrons. The van der Waals surface area contributed by atoms with Gasteiger partial charge < -0.3 is 4.90 Å². The van der Waals surface area contributed by atoms with Crippen molar-refractivity contribution in [2.75, 3.05) is 4.90 Å². The third kappa shape index (κ3) is 2.68. The van der Waals surface area contributed by atoms with Crippen molar-refractivity contribution in [2.24, 2.45) is 0 Å². The summed E-state index contributed by atoms with van der Waals surface area (Å²) in [6.45, 7) is 0. The minimum Gasteiger partial charge on any atom is -0.300 e. The van der Waals surface area contributed by atoms with Crippen LogP contribution in [0, 0.1) is 0 Å². The van der Waals surface area contributed by atoms with E-state index < -0.39 is 18.1 Å². The molecule has 2 nitrogen and oxygen atoms in total. The monoisotopic (exact) mass is 321 g/mol. The average Bonchev–Trinajstić information content (AvgIpc) is 2.29. The van der Waals surface area contributed by atoms with Crippen molar-refractivity contribution in [1.82, 2.24) is 0 Å². The summed E-state index contributed by atoms with van der Waals surface area (Å²) in [6, 6.07) is 4.59. The van der Waals surface area contributed by atoms with Crippen LogP contribution >= 0.6 is 15.9 Å². The van der Waals surface area contributed by atoms with Gasteiger partial charge in [0.1, 0.15) is 6.04 Å². The molecule has 1 amide bonds. The number of benzene rings is 1. The molecule has 98 valence electrons. The SMILES string of the molecule is O=C1CCCC(C(F)(F)F)N1c1ccc(Br)cc1. The van der Waals surface area contributed by atoms with Crippen LogP contribution in [0.25, 0.3) is 0 Å². The van der Waals surface area contributed by atoms with E-state index in [-0.39, 0.29) is 19.3 Å². The molecule has 0 spiro atoms. The summed E-state index contributed by atoms with van der Waals surface area (Å²) < 4.78 is 39.5. The minimum atomic E-state index is -4.39. The molecule has 18 heavy (non-hydrogen) atoms. The Hall–Kier alpha value is -1.04. The normalized spacial score (nSPS) is 21.2. The van der Waals surface area contributed by atoms with E-state index in [4.69, 9.17) is 0 Å². The average molecular weight is 322 g/mol. The molecule has 0 aliphatic carbocycles. The highest BCUT2D eigenvalue weighted by molar-refractivity contribution is 9.10. The summed E-state index contributed by atoms with van der Waals surface area (Å²) in [4.78, 5) is 12.6. The van der Waals surface area contributed by atoms with Gasteiger partial charge in [-0.2, -0.15) is 13.2 Å². The summed E-state index contributed by atoms with van der Waals surface area (Å²) >= 11 is 3.21. The van der Waals surface area contributed by atoms with Gasteiger partial charge in [0.25, 0.3) is 0 Å². The predicted molar refractivity (Wildman–Crippen MR) is 65.3 cm³/mol. The zero-order chi connectivity index (χ0) is 13.3. The van der Waals surface area contributed by atoms with Gasteiger partial charge in [-0.05, 0) is 37.1 Å². The Kier molecular flexibility index (Phi) is 3.66. The third-order valence-corrected chi connectivity index (χ3v) is 3.46. The van der Waals surface area contributed by atoms with Crippen LogP contribution in [0.5, 0.6) is 0 Å². The van der Waals surface area contributed by atoms with Gasteiger partial charge in [0.2, 0.25) is 5.91 Å². The summed E-state index contributed by atoms with van der Waals surface area (Å²) in [5.74, 6) is -0.467. The molecule has 1 unspecified atom stereocenters. The maximum Gasteiger partial charge on any atom is 0.409 e. The Labute approximate surface area is 111 Å². The lowest BCUT2D eigenvalue weighted by molar-refractivity contribution is -0.158. The predicted octanol–water partition coefficient (Wildman–Crippen LogP) is 3.90. The van der Waals surface area contributed by atoms with Gasteiger partial charge in [0.15, 0.2) is 0 Å². The third-order valence-electron chi connectivity index (χ3n) is 2.93. The van der Waals surface area contributed by atoms with E-state index in [1.165, 1.54) is 12.1 Å². The molecule has 1 aromatic carbocycles. The summed E-state index contributed by atoms with van der Waals surface area (Å²) in [7, 11) is 0. The zero-order valence-corrected chi connectivity index (χ0v) is 11.0. The summed E-state index contributed by atoms with van der Waals surface area (Å²) in [5.41, 5.74) is 0.297. The van der Waals surface area contributed by atoms with E-state index in [9.17, 15) is 18.0 Å². The fraction of sp³-hybridized carbons (Fsp3) is 0.417. The second-order valence-electron chi connectivity index (χ2n) is 4.19. The molecular weight excluding hydrogens is 311 g/mol. The van der Waals surface area contributed by atoms with Crippen molar-refractivity contribution >= 4 is 27.5 Å². The minimum absolute atomic E-state index is 0.0364. The summed E-state index contributed by atoms with van der Waals surface area (Å²) in [5, 5.41) is 0. The highest BCUT2D eigenvalue weighted by atomic mass is 79.9. The first-order valence-electron chi connectivity index (χ1n) is 5.54. The molecule has 0 N–H and O–H groups in total. The standard InChI is InChI=1S/C12H11BrF3NO/c13-8-4-6-9(7-5-8)17-10(12(14,15)16)2-1-3-11(17)18/h4-7,10H,1-3H2. The van der Waals surface area contributed by atoms with E-state index in [2.05, 4.69) is 15.9 Å². The first kappa shape index (κ1) is 13.4. The van der Waals surface area contributed by atoms with Crippen LogP contribution in [0.3, 0.4) is 0 Å². The quantitative estimate of drug-likeness (QED) is 0.768. The Morgan fingerprint density at radius 2 is 1.83 bits per heavy atom.